The van der Waals surface area contributed by atoms with E-state index in [0.29, 0.717) is 124 Å². The summed E-state index contributed by atoms with van der Waals surface area (Å²) in [5, 5.41) is 8.96. The molecule has 11 aromatic rings. The summed E-state index contributed by atoms with van der Waals surface area (Å²) in [6, 6.07) is 49.9. The number of hydrogen-bond donors (Lipinski definition) is 0. The minimum atomic E-state index is -0.445. The first-order chi connectivity index (χ1) is 42.1. The van der Waals surface area contributed by atoms with E-state index in [1.807, 2.05) is 121 Å². The molecule has 15 nitrogen and oxygen atoms in total. The SMILES string of the molecule is c1cc(C2OCCCO2)ccc1Oc1cc2c(Oc3ccc(C4OCCCO4)cc3)cc3c(Oc4ccc(C5OCCCO5)cc4)cc4c(Oc5ccc(C6OCCCO6)cc5)cc5c(Oc6ccc(C7OCCCO7)cc6)cc1c1c5c4c3c21. The fourth-order valence-electron chi connectivity index (χ4n) is 12.3. The van der Waals surface area contributed by atoms with Crippen molar-refractivity contribution in [3.8, 4) is 57.5 Å². The molecule has 0 spiro atoms. The molecule has 16 rings (SSSR count). The average Bonchev–Trinajstić information content (AvgIpc) is 1.55. The normalized spacial score (nSPS) is 18.4. The second kappa shape index (κ2) is 22.8. The topological polar surface area (TPSA) is 138 Å². The second-order valence-corrected chi connectivity index (χ2v) is 22.0. The van der Waals surface area contributed by atoms with E-state index in [9.17, 15) is 0 Å². The van der Waals surface area contributed by atoms with Gasteiger partial charge >= 0.3 is 0 Å². The molecule has 0 bridgehead atoms. The first-order valence-corrected chi connectivity index (χ1v) is 29.5. The molecule has 15 heteroatoms. The van der Waals surface area contributed by atoms with Gasteiger partial charge in [0.25, 0.3) is 0 Å². The van der Waals surface area contributed by atoms with Gasteiger partial charge in [0, 0.05) is 81.7 Å². The molecule has 0 aliphatic carbocycles. The van der Waals surface area contributed by atoms with E-state index in [-0.39, 0.29) is 0 Å². The van der Waals surface area contributed by atoms with E-state index in [2.05, 4.69) is 30.3 Å². The van der Waals surface area contributed by atoms with Gasteiger partial charge in [0.2, 0.25) is 0 Å². The zero-order chi connectivity index (χ0) is 56.2. The van der Waals surface area contributed by atoms with Crippen molar-refractivity contribution in [2.75, 3.05) is 66.1 Å². The van der Waals surface area contributed by atoms with Gasteiger partial charge in [-0.15, -0.1) is 0 Å². The van der Waals surface area contributed by atoms with Crippen LogP contribution in [0.3, 0.4) is 0 Å². The molecule has 85 heavy (non-hydrogen) atoms. The Morgan fingerprint density at radius 1 is 0.212 bits per heavy atom. The largest absolute Gasteiger partial charge is 0.457 e. The number of ether oxygens (including phenoxy) is 15. The molecule has 430 valence electrons. The first kappa shape index (κ1) is 52.6. The van der Waals surface area contributed by atoms with Gasteiger partial charge in [-0.25, -0.2) is 0 Å². The van der Waals surface area contributed by atoms with Gasteiger partial charge in [-0.3, -0.25) is 0 Å². The van der Waals surface area contributed by atoms with Crippen LogP contribution in [0, 0.1) is 0 Å². The Balaban J connectivity index is 0.903. The lowest BCUT2D eigenvalue weighted by Gasteiger charge is -2.23. The van der Waals surface area contributed by atoms with E-state index in [1.54, 1.807) is 0 Å². The van der Waals surface area contributed by atoms with Gasteiger partial charge in [-0.1, -0.05) is 60.7 Å². The van der Waals surface area contributed by atoms with Crippen molar-refractivity contribution in [3.63, 3.8) is 0 Å². The predicted molar refractivity (Wildman–Crippen MR) is 316 cm³/mol. The molecule has 5 heterocycles. The van der Waals surface area contributed by atoms with Crippen LogP contribution in [-0.4, -0.2) is 66.1 Å². The summed E-state index contributed by atoms with van der Waals surface area (Å²) in [6.07, 6.45) is 2.06. The minimum absolute atomic E-state index is 0.445. The zero-order valence-corrected chi connectivity index (χ0v) is 46.6. The third-order valence-electron chi connectivity index (χ3n) is 16.3. The number of rotatable bonds is 15. The average molecular weight is 1140 g/mol. The highest BCUT2D eigenvalue weighted by atomic mass is 16.7. The summed E-state index contributed by atoms with van der Waals surface area (Å²) in [7, 11) is 0. The lowest BCUT2D eigenvalue weighted by atomic mass is 9.97. The molecule has 0 atom stereocenters. The summed E-state index contributed by atoms with van der Waals surface area (Å²) in [6.45, 7) is 6.37. The van der Waals surface area contributed by atoms with Crippen molar-refractivity contribution >= 4 is 53.9 Å². The molecule has 5 aliphatic heterocycles. The molecule has 0 saturated carbocycles. The third kappa shape index (κ3) is 10.2. The van der Waals surface area contributed by atoms with E-state index in [0.717, 1.165) is 114 Å². The third-order valence-corrected chi connectivity index (χ3v) is 16.3. The molecule has 5 aliphatic rings. The van der Waals surface area contributed by atoms with Gasteiger partial charge in [0.15, 0.2) is 31.5 Å². The molecular formula is C70H60O15. The summed E-state index contributed by atoms with van der Waals surface area (Å²) in [5.41, 5.74) is 4.55. The Hall–Kier alpha value is -7.90. The molecule has 5 saturated heterocycles. The molecule has 0 N–H and O–H groups in total. The van der Waals surface area contributed by atoms with Crippen LogP contribution in [0.25, 0.3) is 53.9 Å². The maximum atomic E-state index is 7.13. The van der Waals surface area contributed by atoms with Crippen molar-refractivity contribution in [3.05, 3.63) is 179 Å². The quantitative estimate of drug-likeness (QED) is 0.0899. The Labute approximate surface area is 489 Å². The van der Waals surface area contributed by atoms with Crippen LogP contribution in [0.5, 0.6) is 57.5 Å². The van der Waals surface area contributed by atoms with Crippen molar-refractivity contribution in [2.24, 2.45) is 0 Å². The Morgan fingerprint density at radius 2 is 0.365 bits per heavy atom. The van der Waals surface area contributed by atoms with Crippen LogP contribution in [-0.2, 0) is 47.4 Å². The van der Waals surface area contributed by atoms with E-state index in [4.69, 9.17) is 71.1 Å². The lowest BCUT2D eigenvalue weighted by Crippen LogP contribution is -2.17. The van der Waals surface area contributed by atoms with E-state index in [1.165, 1.54) is 0 Å². The molecule has 0 aromatic heterocycles. The molecule has 0 unspecified atom stereocenters. The number of hydrogen-bond acceptors (Lipinski definition) is 15. The Bertz CT molecular complexity index is 3440. The van der Waals surface area contributed by atoms with Crippen LogP contribution in [0.2, 0.25) is 0 Å². The van der Waals surface area contributed by atoms with Crippen molar-refractivity contribution in [1.29, 1.82) is 0 Å². The van der Waals surface area contributed by atoms with Crippen molar-refractivity contribution in [1.82, 2.24) is 0 Å². The Kier molecular flexibility index (Phi) is 14.1. The molecule has 11 aromatic carbocycles. The fraction of sp³-hybridized carbons (Fsp3) is 0.286. The fourth-order valence-corrected chi connectivity index (χ4v) is 12.3. The molecule has 0 amide bonds. The van der Waals surface area contributed by atoms with Gasteiger partial charge in [0.1, 0.15) is 57.5 Å². The first-order valence-electron chi connectivity index (χ1n) is 29.5. The summed E-state index contributed by atoms with van der Waals surface area (Å²) >= 11 is 0. The highest BCUT2D eigenvalue weighted by Crippen LogP contribution is 2.59. The maximum absolute atomic E-state index is 7.13. The molecular weight excluding hydrogens is 1080 g/mol. The van der Waals surface area contributed by atoms with Gasteiger partial charge < -0.3 is 71.1 Å². The molecule has 5 fully saturated rings. The van der Waals surface area contributed by atoms with Crippen LogP contribution in [0.4, 0.5) is 0 Å². The summed E-state index contributed by atoms with van der Waals surface area (Å²) in [4.78, 5) is 0. The van der Waals surface area contributed by atoms with Crippen molar-refractivity contribution < 1.29 is 71.1 Å². The van der Waals surface area contributed by atoms with Crippen LogP contribution in [0.15, 0.2) is 152 Å². The standard InChI is InChI=1S/C70H60O15/c1-26-71-66(72-27-1)41-6-16-46(17-7-41)81-56-36-52-58(83-48-20-10-43(11-21-48)68-75-30-3-31-76-68)38-54-60(85-50-24-14-45(15-25-50)70-79-34-5-35-80-70)40-55-59(84-49-22-12-44(13-23-49)69-77-32-4-33-78-69)39-53-57(37-51(56)61-62(52)64(54)65(55)63(53)61)82-47-18-8-42(9-19-47)67-73-28-2-29-74-67/h6-25,36-40,66-70H,1-5,26-35H2. The minimum Gasteiger partial charge on any atom is -0.457 e. The van der Waals surface area contributed by atoms with Gasteiger partial charge in [-0.2, -0.15) is 0 Å². The Morgan fingerprint density at radius 3 is 0.518 bits per heavy atom. The smallest absolute Gasteiger partial charge is 0.183 e. The zero-order valence-electron chi connectivity index (χ0n) is 46.6. The van der Waals surface area contributed by atoms with E-state index < -0.39 is 31.5 Å². The monoisotopic (exact) mass is 1140 g/mol. The van der Waals surface area contributed by atoms with Crippen LogP contribution < -0.4 is 23.7 Å². The summed E-state index contributed by atoms with van der Waals surface area (Å²) in [5.74, 6) is 6.08. The van der Waals surface area contributed by atoms with Crippen LogP contribution in [0.1, 0.15) is 91.4 Å². The van der Waals surface area contributed by atoms with Gasteiger partial charge in [0.05, 0.1) is 66.1 Å². The second-order valence-electron chi connectivity index (χ2n) is 22.0. The lowest BCUT2D eigenvalue weighted by molar-refractivity contribution is -0.183. The molecule has 0 radical (unpaired) electrons. The number of benzene rings is 10. The van der Waals surface area contributed by atoms with Gasteiger partial charge in [-0.05, 0) is 123 Å². The van der Waals surface area contributed by atoms with Crippen LogP contribution >= 0.6 is 0 Å². The maximum Gasteiger partial charge on any atom is 0.183 e. The highest BCUT2D eigenvalue weighted by Gasteiger charge is 2.32. The van der Waals surface area contributed by atoms with E-state index >= 15 is 0 Å². The van der Waals surface area contributed by atoms with Crippen molar-refractivity contribution in [2.45, 2.75) is 63.6 Å². The highest BCUT2D eigenvalue weighted by molar-refractivity contribution is 6.47. The summed E-state index contributed by atoms with van der Waals surface area (Å²) < 4.78 is 95.4. The predicted octanol–water partition coefficient (Wildman–Crippen LogP) is 16.9.